The maximum atomic E-state index is 14.1. The van der Waals surface area contributed by atoms with Crippen LogP contribution in [0, 0.1) is 5.41 Å². The predicted molar refractivity (Wildman–Crippen MR) is 145 cm³/mol. The fourth-order valence-electron chi connectivity index (χ4n) is 5.38. The third-order valence-corrected chi connectivity index (χ3v) is 7.56. The van der Waals surface area contributed by atoms with Crippen molar-refractivity contribution in [1.82, 2.24) is 10.2 Å². The van der Waals surface area contributed by atoms with Gasteiger partial charge in [0, 0.05) is 13.5 Å². The zero-order valence-electron chi connectivity index (χ0n) is 22.9. The molecule has 0 saturated carbocycles. The molecule has 8 nitrogen and oxygen atoms in total. The molecule has 4 rings (SSSR count). The summed E-state index contributed by atoms with van der Waals surface area (Å²) in [6.07, 6.45) is 6.20. The molecule has 2 aromatic rings. The maximum absolute atomic E-state index is 14.1. The van der Waals surface area contributed by atoms with Gasteiger partial charge < -0.3 is 24.4 Å². The summed E-state index contributed by atoms with van der Waals surface area (Å²) in [6, 6.07) is 10.5. The molecule has 0 unspecified atom stereocenters. The minimum Gasteiger partial charge on any atom is -0.467 e. The topological polar surface area (TPSA) is 94.2 Å². The number of amides is 2. The number of carbonyl (C=O) groups is 3. The van der Waals surface area contributed by atoms with Crippen molar-refractivity contribution in [1.29, 1.82) is 0 Å². The minimum atomic E-state index is -0.946. The highest BCUT2D eigenvalue weighted by Gasteiger charge is 2.53. The van der Waals surface area contributed by atoms with Crippen LogP contribution in [0.15, 0.2) is 42.5 Å². The third kappa shape index (κ3) is 5.55. The van der Waals surface area contributed by atoms with Crippen molar-refractivity contribution in [3.63, 3.8) is 0 Å². The molecular formula is C30H38N2O6. The number of ether oxygens (including phenoxy) is 3. The number of hydrogen-bond acceptors (Lipinski definition) is 6. The first-order valence-electron chi connectivity index (χ1n) is 13.2. The van der Waals surface area contributed by atoms with E-state index in [0.29, 0.717) is 6.42 Å². The van der Waals surface area contributed by atoms with Crippen LogP contribution < -0.4 is 5.32 Å². The van der Waals surface area contributed by atoms with Crippen molar-refractivity contribution >= 4 is 34.8 Å². The molecule has 2 aromatic carbocycles. The SMILES string of the molecule is COC(=O)[C@@H]1C[C@]2(OC)CN1C(=O)[C@H](C(C)(C)C)NC(=O)OCCCCC=Cc1cc2cc2ccccc12. The van der Waals surface area contributed by atoms with Gasteiger partial charge >= 0.3 is 12.1 Å². The summed E-state index contributed by atoms with van der Waals surface area (Å²) in [4.78, 5) is 41.2. The standard InChI is InChI=1S/C30H38N2O6/c1-29(2,3)25-26(33)32-19-30(37-5,18-24(32)27(34)36-4)22-16-20(23-14-10-9-13-21(23)17-22)12-8-6-7-11-15-38-28(35)31-25/h8-10,12-14,16-17,24-25H,6-7,11,15,18-19H2,1-5H3,(H,31,35)/t24-,25+,30-/m0/s1. The van der Waals surface area contributed by atoms with E-state index in [2.05, 4.69) is 41.7 Å². The fourth-order valence-corrected chi connectivity index (χ4v) is 5.38. The molecule has 2 aliphatic rings. The molecule has 2 amide bonds. The van der Waals surface area contributed by atoms with Gasteiger partial charge in [0.2, 0.25) is 5.91 Å². The number of allylic oxidation sites excluding steroid dienone is 1. The third-order valence-electron chi connectivity index (χ3n) is 7.56. The summed E-state index contributed by atoms with van der Waals surface area (Å²) < 4.78 is 16.7. The molecule has 3 atom stereocenters. The van der Waals surface area contributed by atoms with E-state index in [1.807, 2.05) is 32.9 Å². The second kappa shape index (κ2) is 11.2. The van der Waals surface area contributed by atoms with Crippen molar-refractivity contribution in [2.75, 3.05) is 27.4 Å². The highest BCUT2D eigenvalue weighted by Crippen LogP contribution is 2.42. The lowest BCUT2D eigenvalue weighted by atomic mass is 9.85. The Labute approximate surface area is 224 Å². The molecule has 0 aliphatic carbocycles. The van der Waals surface area contributed by atoms with Crippen LogP contribution in [-0.2, 0) is 29.4 Å². The number of benzene rings is 2. The predicted octanol–water partition coefficient (Wildman–Crippen LogP) is 4.79. The Kier molecular flexibility index (Phi) is 8.11. The molecule has 4 bridgehead atoms. The molecule has 0 spiro atoms. The summed E-state index contributed by atoms with van der Waals surface area (Å²) in [6.45, 7) is 5.99. The summed E-state index contributed by atoms with van der Waals surface area (Å²) >= 11 is 0. The Morgan fingerprint density at radius 1 is 1.13 bits per heavy atom. The number of cyclic esters (lactones) is 1. The molecule has 1 saturated heterocycles. The quantitative estimate of drug-likeness (QED) is 0.570. The van der Waals surface area contributed by atoms with Gasteiger partial charge in [-0.2, -0.15) is 0 Å². The molecule has 0 radical (unpaired) electrons. The van der Waals surface area contributed by atoms with Gasteiger partial charge in [0.05, 0.1) is 20.3 Å². The highest BCUT2D eigenvalue weighted by molar-refractivity contribution is 5.93. The van der Waals surface area contributed by atoms with E-state index in [9.17, 15) is 14.4 Å². The second-order valence-electron chi connectivity index (χ2n) is 11.2. The zero-order valence-corrected chi connectivity index (χ0v) is 22.9. The number of nitrogens with zero attached hydrogens (tertiary/aromatic N) is 1. The Morgan fingerprint density at radius 3 is 2.61 bits per heavy atom. The van der Waals surface area contributed by atoms with Crippen LogP contribution in [0.1, 0.15) is 57.6 Å². The largest absolute Gasteiger partial charge is 0.467 e. The first-order valence-corrected chi connectivity index (χ1v) is 13.2. The molecule has 8 heteroatoms. The van der Waals surface area contributed by atoms with E-state index >= 15 is 0 Å². The molecule has 2 aliphatic heterocycles. The molecule has 1 fully saturated rings. The van der Waals surface area contributed by atoms with Crippen molar-refractivity contribution in [2.24, 2.45) is 5.41 Å². The van der Waals surface area contributed by atoms with Crippen molar-refractivity contribution in [3.8, 4) is 0 Å². The minimum absolute atomic E-state index is 0.132. The molecular weight excluding hydrogens is 484 g/mol. The summed E-state index contributed by atoms with van der Waals surface area (Å²) in [7, 11) is 2.92. The van der Waals surface area contributed by atoms with E-state index < -0.39 is 35.2 Å². The number of rotatable bonds is 2. The van der Waals surface area contributed by atoms with Crippen LogP contribution in [-0.4, -0.2) is 62.3 Å². The first kappa shape index (κ1) is 27.6. The zero-order chi connectivity index (χ0) is 27.5. The van der Waals surface area contributed by atoms with Crippen LogP contribution in [0.4, 0.5) is 4.79 Å². The van der Waals surface area contributed by atoms with E-state index in [1.54, 1.807) is 7.11 Å². The number of alkyl carbamates (subject to hydrolysis) is 1. The fraction of sp³-hybridized carbons (Fsp3) is 0.500. The molecule has 204 valence electrons. The summed E-state index contributed by atoms with van der Waals surface area (Å²) in [5.41, 5.74) is 0.334. The van der Waals surface area contributed by atoms with E-state index in [0.717, 1.165) is 34.7 Å². The smallest absolute Gasteiger partial charge is 0.407 e. The number of fused-ring (bicyclic) bond motifs is 7. The van der Waals surface area contributed by atoms with Crippen molar-refractivity contribution in [3.05, 3.63) is 53.6 Å². The second-order valence-corrected chi connectivity index (χ2v) is 11.2. The number of carbonyl (C=O) groups excluding carboxylic acids is 3. The van der Waals surface area contributed by atoms with E-state index in [4.69, 9.17) is 14.2 Å². The van der Waals surface area contributed by atoms with Crippen LogP contribution in [0.3, 0.4) is 0 Å². The van der Waals surface area contributed by atoms with Crippen LogP contribution >= 0.6 is 0 Å². The van der Waals surface area contributed by atoms with Crippen molar-refractivity contribution < 1.29 is 28.6 Å². The Morgan fingerprint density at radius 2 is 1.89 bits per heavy atom. The number of hydrogen-bond donors (Lipinski definition) is 1. The first-order chi connectivity index (χ1) is 18.1. The lowest BCUT2D eigenvalue weighted by Crippen LogP contribution is -2.57. The monoisotopic (exact) mass is 522 g/mol. The molecule has 38 heavy (non-hydrogen) atoms. The van der Waals surface area contributed by atoms with Crippen molar-refractivity contribution in [2.45, 2.75) is 64.1 Å². The maximum Gasteiger partial charge on any atom is 0.407 e. The van der Waals surface area contributed by atoms with Crippen LogP contribution in [0.5, 0.6) is 0 Å². The van der Waals surface area contributed by atoms with Crippen LogP contribution in [0.2, 0.25) is 0 Å². The van der Waals surface area contributed by atoms with Gasteiger partial charge in [0.25, 0.3) is 0 Å². The van der Waals surface area contributed by atoms with Gasteiger partial charge in [-0.25, -0.2) is 9.59 Å². The normalized spacial score (nSPS) is 25.0. The highest BCUT2D eigenvalue weighted by atomic mass is 16.5. The average Bonchev–Trinajstić information content (AvgIpc) is 3.30. The Hall–Kier alpha value is -3.39. The summed E-state index contributed by atoms with van der Waals surface area (Å²) in [5.74, 6) is -0.906. The van der Waals surface area contributed by atoms with E-state index in [1.165, 1.54) is 12.0 Å². The number of methoxy groups -OCH3 is 2. The lowest BCUT2D eigenvalue weighted by Gasteiger charge is -2.35. The van der Waals surface area contributed by atoms with Gasteiger partial charge in [0.1, 0.15) is 17.7 Å². The molecule has 0 aromatic heterocycles. The van der Waals surface area contributed by atoms with Gasteiger partial charge in [0.15, 0.2) is 0 Å². The molecule has 2 heterocycles. The van der Waals surface area contributed by atoms with Crippen LogP contribution in [0.25, 0.3) is 16.8 Å². The number of nitrogens with one attached hydrogen (secondary N) is 1. The number of esters is 1. The Bertz CT molecular complexity index is 1230. The van der Waals surface area contributed by atoms with Gasteiger partial charge in [-0.1, -0.05) is 57.2 Å². The Balaban J connectivity index is 1.87. The van der Waals surface area contributed by atoms with Gasteiger partial charge in [-0.05, 0) is 58.7 Å². The lowest BCUT2D eigenvalue weighted by molar-refractivity contribution is -0.152. The van der Waals surface area contributed by atoms with Gasteiger partial charge in [-0.15, -0.1) is 0 Å². The van der Waals surface area contributed by atoms with Gasteiger partial charge in [-0.3, -0.25) is 4.79 Å². The summed E-state index contributed by atoms with van der Waals surface area (Å²) in [5, 5.41) is 4.92. The van der Waals surface area contributed by atoms with E-state index in [-0.39, 0.29) is 25.5 Å². The molecule has 1 N–H and O–H groups in total. The average molecular weight is 523 g/mol.